The van der Waals surface area contributed by atoms with E-state index in [1.54, 1.807) is 0 Å². The van der Waals surface area contributed by atoms with Gasteiger partial charge in [-0.25, -0.2) is 0 Å². The Bertz CT molecular complexity index is 898. The van der Waals surface area contributed by atoms with Gasteiger partial charge in [-0.2, -0.15) is 5.26 Å². The number of rotatable bonds is 6. The normalized spacial score (nSPS) is 10.9. The summed E-state index contributed by atoms with van der Waals surface area (Å²) in [6, 6.07) is 15.0. The highest BCUT2D eigenvalue weighted by Crippen LogP contribution is 2.24. The highest BCUT2D eigenvalue weighted by atomic mass is 16.6. The molecular formula is C19H18N4O3. The van der Waals surface area contributed by atoms with Crippen molar-refractivity contribution in [3.05, 3.63) is 76.0 Å². The average molecular weight is 350 g/mol. The van der Waals surface area contributed by atoms with Crippen LogP contribution in [0.1, 0.15) is 25.3 Å². The topological polar surface area (TPSA) is 108 Å². The van der Waals surface area contributed by atoms with E-state index in [0.29, 0.717) is 0 Å². The molecule has 2 rings (SSSR count). The summed E-state index contributed by atoms with van der Waals surface area (Å²) in [5.74, 6) is -0.376. The highest BCUT2D eigenvalue weighted by Gasteiger charge is 2.12. The number of nitrogens with zero attached hydrogens (tertiary/aromatic N) is 2. The zero-order valence-corrected chi connectivity index (χ0v) is 14.4. The largest absolute Gasteiger partial charge is 0.360 e. The minimum absolute atomic E-state index is 0.143. The first-order chi connectivity index (χ1) is 12.4. The Kier molecular flexibility index (Phi) is 6.06. The van der Waals surface area contributed by atoms with Gasteiger partial charge in [-0.1, -0.05) is 38.1 Å². The Morgan fingerprint density at radius 2 is 1.96 bits per heavy atom. The van der Waals surface area contributed by atoms with Gasteiger partial charge in [0.1, 0.15) is 11.6 Å². The number of carbonyl (C=O) groups is 1. The molecule has 0 spiro atoms. The molecule has 0 saturated heterocycles. The first-order valence-electron chi connectivity index (χ1n) is 7.94. The van der Waals surface area contributed by atoms with Crippen molar-refractivity contribution in [1.82, 2.24) is 0 Å². The van der Waals surface area contributed by atoms with E-state index >= 15 is 0 Å². The number of carbonyl (C=O) groups excluding carboxylic acids is 1. The predicted molar refractivity (Wildman–Crippen MR) is 99.6 cm³/mol. The molecular weight excluding hydrogens is 332 g/mol. The Balaban J connectivity index is 2.17. The van der Waals surface area contributed by atoms with Crippen molar-refractivity contribution in [3.8, 4) is 6.07 Å². The lowest BCUT2D eigenvalue weighted by Crippen LogP contribution is -2.14. The van der Waals surface area contributed by atoms with Crippen molar-refractivity contribution < 1.29 is 9.72 Å². The summed E-state index contributed by atoms with van der Waals surface area (Å²) >= 11 is 0. The molecule has 0 bridgehead atoms. The molecule has 0 aliphatic heterocycles. The van der Waals surface area contributed by atoms with Gasteiger partial charge in [0, 0.05) is 29.7 Å². The summed E-state index contributed by atoms with van der Waals surface area (Å²) in [5.41, 5.74) is 1.82. The zero-order valence-electron chi connectivity index (χ0n) is 14.4. The summed E-state index contributed by atoms with van der Waals surface area (Å²) in [4.78, 5) is 22.5. The molecule has 2 N–H and O–H groups in total. The van der Waals surface area contributed by atoms with Crippen LogP contribution in [-0.4, -0.2) is 10.8 Å². The van der Waals surface area contributed by atoms with Crippen LogP contribution in [0.5, 0.6) is 0 Å². The average Bonchev–Trinajstić information content (AvgIpc) is 2.62. The van der Waals surface area contributed by atoms with Crippen molar-refractivity contribution >= 4 is 23.0 Å². The van der Waals surface area contributed by atoms with Gasteiger partial charge in [0.05, 0.1) is 4.92 Å². The summed E-state index contributed by atoms with van der Waals surface area (Å²) in [7, 11) is 0. The molecule has 0 unspecified atom stereocenters. The fraction of sp³-hybridized carbons (Fsp3) is 0.158. The van der Waals surface area contributed by atoms with E-state index in [0.717, 1.165) is 11.3 Å². The van der Waals surface area contributed by atoms with E-state index in [-0.39, 0.29) is 22.9 Å². The van der Waals surface area contributed by atoms with Gasteiger partial charge in [0.25, 0.3) is 11.6 Å². The number of amides is 1. The third-order valence-electron chi connectivity index (χ3n) is 3.63. The lowest BCUT2D eigenvalue weighted by molar-refractivity contribution is -0.384. The van der Waals surface area contributed by atoms with Crippen molar-refractivity contribution in [2.24, 2.45) is 0 Å². The number of nitriles is 1. The molecule has 2 aromatic rings. The van der Waals surface area contributed by atoms with Crippen LogP contribution in [0, 0.1) is 21.4 Å². The molecule has 0 radical (unpaired) electrons. The second-order valence-electron chi connectivity index (χ2n) is 5.82. The van der Waals surface area contributed by atoms with Gasteiger partial charge < -0.3 is 10.6 Å². The van der Waals surface area contributed by atoms with Crippen LogP contribution in [0.15, 0.2) is 60.3 Å². The summed E-state index contributed by atoms with van der Waals surface area (Å²) in [6.45, 7) is 4.09. The lowest BCUT2D eigenvalue weighted by Gasteiger charge is -2.12. The number of nitro groups is 1. The van der Waals surface area contributed by atoms with Gasteiger partial charge in [0.2, 0.25) is 0 Å². The van der Waals surface area contributed by atoms with E-state index < -0.39 is 10.8 Å². The summed E-state index contributed by atoms with van der Waals surface area (Å²) in [6.07, 6.45) is 1.33. The molecule has 132 valence electrons. The van der Waals surface area contributed by atoms with Crippen LogP contribution in [0.25, 0.3) is 0 Å². The predicted octanol–water partition coefficient (Wildman–Crippen LogP) is 4.18. The number of nitrogens with one attached hydrogen (secondary N) is 2. The summed E-state index contributed by atoms with van der Waals surface area (Å²) < 4.78 is 0. The second-order valence-corrected chi connectivity index (χ2v) is 5.82. The van der Waals surface area contributed by atoms with E-state index in [1.807, 2.05) is 44.2 Å². The van der Waals surface area contributed by atoms with E-state index in [1.165, 1.54) is 30.5 Å². The molecule has 0 saturated carbocycles. The lowest BCUT2D eigenvalue weighted by atomic mass is 10.0. The minimum atomic E-state index is -0.650. The van der Waals surface area contributed by atoms with Crippen molar-refractivity contribution in [3.63, 3.8) is 0 Å². The molecule has 0 heterocycles. The zero-order chi connectivity index (χ0) is 19.1. The molecule has 1 amide bonds. The standard InChI is InChI=1S/C19H18N4O3/c1-13(2)17-8-3-4-9-18(17)21-12-14(11-20)19(24)22-15-6-5-7-16(10-15)23(25)26/h3-10,12-13,21H,1-2H3,(H,22,24)/b14-12-. The maximum absolute atomic E-state index is 12.3. The summed E-state index contributed by atoms with van der Waals surface area (Å²) in [5, 5.41) is 25.5. The number of hydrogen-bond donors (Lipinski definition) is 2. The number of hydrogen-bond acceptors (Lipinski definition) is 5. The Hall–Kier alpha value is -3.66. The third kappa shape index (κ3) is 4.68. The fourth-order valence-electron chi connectivity index (χ4n) is 2.33. The van der Waals surface area contributed by atoms with Gasteiger partial charge in [-0.05, 0) is 23.6 Å². The molecule has 7 nitrogen and oxygen atoms in total. The Morgan fingerprint density at radius 1 is 1.23 bits per heavy atom. The smallest absolute Gasteiger partial charge is 0.271 e. The van der Waals surface area contributed by atoms with Gasteiger partial charge in [-0.15, -0.1) is 0 Å². The van der Waals surface area contributed by atoms with Crippen LogP contribution in [-0.2, 0) is 4.79 Å². The monoisotopic (exact) mass is 350 g/mol. The number of non-ortho nitro benzene ring substituents is 1. The van der Waals surface area contributed by atoms with E-state index in [9.17, 15) is 20.2 Å². The Morgan fingerprint density at radius 3 is 2.62 bits per heavy atom. The Labute approximate surface area is 151 Å². The van der Waals surface area contributed by atoms with Crippen LogP contribution in [0.4, 0.5) is 17.1 Å². The molecule has 2 aromatic carbocycles. The number of nitro benzene ring substituents is 1. The first-order valence-corrected chi connectivity index (χ1v) is 7.94. The number of anilines is 2. The number of para-hydroxylation sites is 1. The van der Waals surface area contributed by atoms with Gasteiger partial charge >= 0.3 is 0 Å². The highest BCUT2D eigenvalue weighted by molar-refractivity contribution is 6.06. The van der Waals surface area contributed by atoms with Crippen LogP contribution >= 0.6 is 0 Å². The van der Waals surface area contributed by atoms with Crippen LogP contribution in [0.2, 0.25) is 0 Å². The van der Waals surface area contributed by atoms with Crippen LogP contribution < -0.4 is 10.6 Å². The fourth-order valence-corrected chi connectivity index (χ4v) is 2.33. The SMILES string of the molecule is CC(C)c1ccccc1N/C=C(/C#N)C(=O)Nc1cccc([N+](=O)[O-])c1. The van der Waals surface area contributed by atoms with Crippen molar-refractivity contribution in [1.29, 1.82) is 5.26 Å². The van der Waals surface area contributed by atoms with Crippen LogP contribution in [0.3, 0.4) is 0 Å². The molecule has 7 heteroatoms. The van der Waals surface area contributed by atoms with Crippen molar-refractivity contribution in [2.75, 3.05) is 10.6 Å². The molecule has 0 aromatic heterocycles. The molecule has 26 heavy (non-hydrogen) atoms. The van der Waals surface area contributed by atoms with E-state index in [4.69, 9.17) is 0 Å². The molecule has 0 aliphatic carbocycles. The number of benzene rings is 2. The minimum Gasteiger partial charge on any atom is -0.360 e. The molecule has 0 fully saturated rings. The maximum atomic E-state index is 12.3. The second kappa shape index (κ2) is 8.44. The van der Waals surface area contributed by atoms with Gasteiger partial charge in [0.15, 0.2) is 0 Å². The molecule has 0 atom stereocenters. The molecule has 0 aliphatic rings. The van der Waals surface area contributed by atoms with E-state index in [2.05, 4.69) is 10.6 Å². The van der Waals surface area contributed by atoms with Gasteiger partial charge in [-0.3, -0.25) is 14.9 Å². The van der Waals surface area contributed by atoms with Crippen molar-refractivity contribution in [2.45, 2.75) is 19.8 Å². The maximum Gasteiger partial charge on any atom is 0.271 e. The quantitative estimate of drug-likeness (QED) is 0.352. The third-order valence-corrected chi connectivity index (χ3v) is 3.63. The first kappa shape index (κ1) is 18.7.